The number of thiazole rings is 1. The highest BCUT2D eigenvalue weighted by molar-refractivity contribution is 7.22. The summed E-state index contributed by atoms with van der Waals surface area (Å²) in [4.78, 5) is 19.2. The lowest BCUT2D eigenvalue weighted by molar-refractivity contribution is -0.136. The topological polar surface area (TPSA) is 71.2 Å². The zero-order valence-electron chi connectivity index (χ0n) is 21.7. The van der Waals surface area contributed by atoms with Gasteiger partial charge in [0.2, 0.25) is 0 Å². The maximum absolute atomic E-state index is 11.8. The van der Waals surface area contributed by atoms with Gasteiger partial charge in [-0.05, 0) is 93.0 Å². The van der Waals surface area contributed by atoms with Crippen molar-refractivity contribution in [1.82, 2.24) is 19.7 Å². The van der Waals surface area contributed by atoms with Crippen LogP contribution in [0, 0.1) is 6.92 Å². The summed E-state index contributed by atoms with van der Waals surface area (Å²) in [6.45, 7) is 4.14. The van der Waals surface area contributed by atoms with E-state index >= 15 is 0 Å². The number of aromatic nitrogens is 3. The number of carboxylic acid groups (broad SMARTS) is 1. The Morgan fingerprint density at radius 3 is 2.50 bits per heavy atom. The molecule has 0 amide bonds. The monoisotopic (exact) mass is 544 g/mol. The number of likely N-dealkylation sites (tertiary alicyclic amines) is 1. The minimum atomic E-state index is -0.851. The van der Waals surface area contributed by atoms with Crippen molar-refractivity contribution in [2.24, 2.45) is 7.05 Å². The van der Waals surface area contributed by atoms with Gasteiger partial charge in [0, 0.05) is 34.5 Å². The Labute approximate surface area is 230 Å². The van der Waals surface area contributed by atoms with Crippen molar-refractivity contribution in [2.45, 2.75) is 32.1 Å². The Hall–Kier alpha value is -3.26. The molecule has 8 heteroatoms. The lowest BCUT2D eigenvalue weighted by Gasteiger charge is -2.28. The standard InChI is InChI=1S/C30H29ClN4O2S/c1-17-14-24-29(27(22(17)16-26(36)37)18-4-7-21(31)8-5-18)38-30(32-24)20-6-9-25-23(15-20)28(33-35(25)3)19-10-12-34(2)13-11-19/h4-9,14-15,19H,10-13,16H2,1-3H3,(H,36,37). The van der Waals surface area contributed by atoms with Crippen molar-refractivity contribution < 1.29 is 9.90 Å². The maximum atomic E-state index is 11.8. The van der Waals surface area contributed by atoms with Gasteiger partial charge in [0.1, 0.15) is 5.01 Å². The van der Waals surface area contributed by atoms with Crippen LogP contribution in [0.25, 0.3) is 42.8 Å². The molecule has 1 aliphatic rings. The van der Waals surface area contributed by atoms with Crippen LogP contribution in [0.3, 0.4) is 0 Å². The van der Waals surface area contributed by atoms with E-state index in [9.17, 15) is 9.90 Å². The Balaban J connectivity index is 1.50. The predicted octanol–water partition coefficient (Wildman–Crippen LogP) is 6.92. The van der Waals surface area contributed by atoms with E-state index in [1.807, 2.05) is 49.0 Å². The van der Waals surface area contributed by atoms with E-state index in [1.165, 1.54) is 11.1 Å². The van der Waals surface area contributed by atoms with Gasteiger partial charge in [0.25, 0.3) is 0 Å². The van der Waals surface area contributed by atoms with E-state index in [4.69, 9.17) is 21.7 Å². The van der Waals surface area contributed by atoms with Gasteiger partial charge in [-0.3, -0.25) is 9.48 Å². The smallest absolute Gasteiger partial charge is 0.307 e. The number of rotatable bonds is 5. The number of carboxylic acids is 1. The first-order chi connectivity index (χ1) is 18.3. The molecule has 5 aromatic rings. The van der Waals surface area contributed by atoms with E-state index in [0.29, 0.717) is 10.9 Å². The van der Waals surface area contributed by atoms with E-state index in [1.54, 1.807) is 11.3 Å². The van der Waals surface area contributed by atoms with Gasteiger partial charge in [0.05, 0.1) is 27.8 Å². The lowest BCUT2D eigenvalue weighted by Crippen LogP contribution is -2.29. The summed E-state index contributed by atoms with van der Waals surface area (Å²) < 4.78 is 2.98. The van der Waals surface area contributed by atoms with E-state index in [-0.39, 0.29) is 6.42 Å². The minimum Gasteiger partial charge on any atom is -0.481 e. The number of nitrogens with zero attached hydrogens (tertiary/aromatic N) is 4. The van der Waals surface area contributed by atoms with Crippen LogP contribution in [0.15, 0.2) is 48.5 Å². The minimum absolute atomic E-state index is 0.0471. The molecule has 6 nitrogen and oxygen atoms in total. The van der Waals surface area contributed by atoms with Gasteiger partial charge in [-0.15, -0.1) is 11.3 Å². The molecule has 2 aromatic heterocycles. The number of fused-ring (bicyclic) bond motifs is 2. The molecular weight excluding hydrogens is 516 g/mol. The molecule has 3 aromatic carbocycles. The normalized spacial score (nSPS) is 15.1. The molecule has 0 atom stereocenters. The zero-order chi connectivity index (χ0) is 26.6. The van der Waals surface area contributed by atoms with Crippen molar-refractivity contribution in [3.63, 3.8) is 0 Å². The fourth-order valence-electron chi connectivity index (χ4n) is 5.67. The van der Waals surface area contributed by atoms with Crippen molar-refractivity contribution in [1.29, 1.82) is 0 Å². The zero-order valence-corrected chi connectivity index (χ0v) is 23.2. The van der Waals surface area contributed by atoms with Crippen molar-refractivity contribution in [3.8, 4) is 21.7 Å². The second-order valence-corrected chi connectivity index (χ2v) is 11.7. The molecule has 3 heterocycles. The molecule has 6 rings (SSSR count). The van der Waals surface area contributed by atoms with Crippen molar-refractivity contribution >= 4 is 50.0 Å². The summed E-state index contributed by atoms with van der Waals surface area (Å²) in [7, 11) is 4.20. The first kappa shape index (κ1) is 25.0. The summed E-state index contributed by atoms with van der Waals surface area (Å²) in [6, 6.07) is 16.1. The van der Waals surface area contributed by atoms with Gasteiger partial charge in [0.15, 0.2) is 0 Å². The molecule has 38 heavy (non-hydrogen) atoms. The van der Waals surface area contributed by atoms with E-state index < -0.39 is 5.97 Å². The average molecular weight is 545 g/mol. The molecule has 1 saturated heterocycles. The molecule has 0 spiro atoms. The van der Waals surface area contributed by atoms with E-state index in [2.05, 4.69) is 30.1 Å². The average Bonchev–Trinajstić information content (AvgIpc) is 3.46. The number of aryl methyl sites for hydroxylation is 2. The van der Waals surface area contributed by atoms with Crippen LogP contribution in [0.2, 0.25) is 5.02 Å². The SMILES string of the molecule is Cc1cc2nc(-c3ccc4c(c3)c(C3CCN(C)CC3)nn4C)sc2c(-c2ccc(Cl)cc2)c1CC(=O)O. The number of hydrogen-bond acceptors (Lipinski definition) is 5. The molecule has 0 bridgehead atoms. The second kappa shape index (κ2) is 9.80. The number of piperidine rings is 1. The van der Waals surface area contributed by atoms with Gasteiger partial charge < -0.3 is 10.0 Å². The Bertz CT molecular complexity index is 1680. The number of benzene rings is 3. The molecule has 0 unspecified atom stereocenters. The third-order valence-electron chi connectivity index (χ3n) is 7.70. The van der Waals surface area contributed by atoms with Crippen molar-refractivity contribution in [2.75, 3.05) is 20.1 Å². The molecular formula is C30H29ClN4O2S. The van der Waals surface area contributed by atoms with Gasteiger partial charge in [-0.1, -0.05) is 23.7 Å². The third-order valence-corrected chi connectivity index (χ3v) is 9.09. The highest BCUT2D eigenvalue weighted by Gasteiger charge is 2.24. The first-order valence-corrected chi connectivity index (χ1v) is 14.0. The molecule has 0 saturated carbocycles. The fourth-order valence-corrected chi connectivity index (χ4v) is 6.93. The van der Waals surface area contributed by atoms with Crippen molar-refractivity contribution in [3.05, 3.63) is 70.4 Å². The molecule has 1 fully saturated rings. The summed E-state index contributed by atoms with van der Waals surface area (Å²) in [5, 5.41) is 17.4. The van der Waals surface area contributed by atoms with Gasteiger partial charge in [-0.25, -0.2) is 4.98 Å². The fraction of sp³-hybridized carbons (Fsp3) is 0.300. The van der Waals surface area contributed by atoms with Crippen LogP contribution in [0.4, 0.5) is 0 Å². The highest BCUT2D eigenvalue weighted by Crippen LogP contribution is 2.42. The first-order valence-electron chi connectivity index (χ1n) is 12.8. The Kier molecular flexibility index (Phi) is 6.46. The maximum Gasteiger partial charge on any atom is 0.307 e. The summed E-state index contributed by atoms with van der Waals surface area (Å²) >= 11 is 7.78. The number of hydrogen-bond donors (Lipinski definition) is 1. The van der Waals surface area contributed by atoms with Crippen LogP contribution < -0.4 is 0 Å². The number of halogens is 1. The Morgan fingerprint density at radius 1 is 1.08 bits per heavy atom. The highest BCUT2D eigenvalue weighted by atomic mass is 35.5. The molecule has 0 radical (unpaired) electrons. The third kappa shape index (κ3) is 4.49. The number of carbonyl (C=O) groups is 1. The molecule has 1 N–H and O–H groups in total. The summed E-state index contributed by atoms with van der Waals surface area (Å²) in [6.07, 6.45) is 2.18. The Morgan fingerprint density at radius 2 is 1.79 bits per heavy atom. The summed E-state index contributed by atoms with van der Waals surface area (Å²) in [5.74, 6) is -0.394. The molecule has 0 aliphatic carbocycles. The van der Waals surface area contributed by atoms with Crippen LogP contribution in [-0.4, -0.2) is 50.9 Å². The quantitative estimate of drug-likeness (QED) is 0.260. The van der Waals surface area contributed by atoms with Crippen LogP contribution in [0.1, 0.15) is 35.6 Å². The lowest BCUT2D eigenvalue weighted by atomic mass is 9.91. The van der Waals surface area contributed by atoms with Gasteiger partial charge >= 0.3 is 5.97 Å². The van der Waals surface area contributed by atoms with Crippen LogP contribution in [0.5, 0.6) is 0 Å². The predicted molar refractivity (Wildman–Crippen MR) is 155 cm³/mol. The largest absolute Gasteiger partial charge is 0.481 e. The number of aliphatic carboxylic acids is 1. The summed E-state index contributed by atoms with van der Waals surface area (Å²) in [5.41, 5.74) is 7.86. The van der Waals surface area contributed by atoms with E-state index in [0.717, 1.165) is 74.5 Å². The van der Waals surface area contributed by atoms with Crippen LogP contribution in [-0.2, 0) is 18.3 Å². The van der Waals surface area contributed by atoms with Crippen LogP contribution >= 0.6 is 22.9 Å². The van der Waals surface area contributed by atoms with Gasteiger partial charge in [-0.2, -0.15) is 5.10 Å². The second-order valence-electron chi connectivity index (χ2n) is 10.3. The molecule has 194 valence electrons. The molecule has 1 aliphatic heterocycles.